The van der Waals surface area contributed by atoms with Crippen molar-refractivity contribution in [2.75, 3.05) is 13.1 Å². The number of aliphatic imine (C=N–C) groups is 3. The fourth-order valence-electron chi connectivity index (χ4n) is 4.82. The smallest absolute Gasteiger partial charge is 0.282 e. The maximum Gasteiger partial charge on any atom is 0.431 e. The number of amides is 4. The zero-order valence-electron chi connectivity index (χ0n) is 19.9. The van der Waals surface area contributed by atoms with E-state index < -0.39 is 35.0 Å². The molecule has 11 heteroatoms. The molecule has 2 saturated heterocycles. The summed E-state index contributed by atoms with van der Waals surface area (Å²) in [4.78, 5) is 74.3. The largest absolute Gasteiger partial charge is 0.431 e. The summed E-state index contributed by atoms with van der Waals surface area (Å²) in [6.45, 7) is 2.49. The average molecular weight is 476 g/mol. The van der Waals surface area contributed by atoms with Gasteiger partial charge >= 0.3 is 12.1 Å². The second kappa shape index (κ2) is 14.3. The van der Waals surface area contributed by atoms with E-state index in [4.69, 9.17) is 0 Å². The molecule has 0 bridgehead atoms. The van der Waals surface area contributed by atoms with E-state index in [1.807, 2.05) is 6.92 Å². The topological polar surface area (TPSA) is 138 Å². The third-order valence-corrected chi connectivity index (χ3v) is 6.64. The molecule has 0 saturated carbocycles. The van der Waals surface area contributed by atoms with E-state index in [0.29, 0.717) is 45.1 Å². The summed E-state index contributed by atoms with van der Waals surface area (Å²) in [5, 5.41) is 2.74. The predicted octanol–water partition coefficient (Wildman–Crippen LogP) is 3.65. The molecule has 2 fully saturated rings. The van der Waals surface area contributed by atoms with E-state index in [1.165, 1.54) is 17.1 Å². The Hall–Kier alpha value is -2.96. The van der Waals surface area contributed by atoms with E-state index in [1.54, 1.807) is 6.08 Å². The van der Waals surface area contributed by atoms with E-state index in [0.717, 1.165) is 38.5 Å². The molecule has 0 radical (unpaired) electrons. The highest BCUT2D eigenvalue weighted by Gasteiger charge is 2.55. The number of carbonyl (C=O) groups excluding carboxylic acids is 5. The van der Waals surface area contributed by atoms with Gasteiger partial charge in [0.2, 0.25) is 24.4 Å². The van der Waals surface area contributed by atoms with Crippen LogP contribution in [0.15, 0.2) is 15.0 Å². The number of isocyanates is 3. The number of hydrogen-bond acceptors (Lipinski definition) is 8. The Bertz CT molecular complexity index is 847. The highest BCUT2D eigenvalue weighted by Crippen LogP contribution is 2.31. The summed E-state index contributed by atoms with van der Waals surface area (Å²) in [5.74, 6) is 0. The summed E-state index contributed by atoms with van der Waals surface area (Å²) in [5.41, 5.74) is 0. The Balaban J connectivity index is 2.51. The van der Waals surface area contributed by atoms with Crippen molar-refractivity contribution in [1.82, 2.24) is 10.2 Å². The molecule has 11 nitrogen and oxygen atoms in total. The lowest BCUT2D eigenvalue weighted by molar-refractivity contribution is -0.799. The van der Waals surface area contributed by atoms with Gasteiger partial charge in [-0.25, -0.2) is 24.0 Å². The molecule has 4 atom stereocenters. The van der Waals surface area contributed by atoms with Crippen LogP contribution < -0.4 is 5.32 Å². The molecule has 0 spiro atoms. The van der Waals surface area contributed by atoms with Gasteiger partial charge in [0.05, 0.1) is 6.54 Å². The van der Waals surface area contributed by atoms with E-state index in [9.17, 15) is 24.0 Å². The number of nitrogens with zero attached hydrogens (tertiary/aromatic N) is 5. The number of quaternary nitrogens is 1. The third-order valence-electron chi connectivity index (χ3n) is 6.64. The van der Waals surface area contributed by atoms with Crippen LogP contribution in [0.3, 0.4) is 0 Å². The first-order valence-corrected chi connectivity index (χ1v) is 12.3. The highest BCUT2D eigenvalue weighted by molar-refractivity contribution is 5.83. The molecular weight excluding hydrogens is 440 g/mol. The Kier molecular flexibility index (Phi) is 11.5. The fraction of sp³-hybridized carbons (Fsp3) is 0.783. The lowest BCUT2D eigenvalue weighted by Gasteiger charge is -2.40. The molecule has 186 valence electrons. The van der Waals surface area contributed by atoms with Crippen molar-refractivity contribution in [2.45, 2.75) is 102 Å². The minimum Gasteiger partial charge on any atom is -0.282 e. The molecule has 0 aromatic carbocycles. The van der Waals surface area contributed by atoms with Crippen molar-refractivity contribution in [3.8, 4) is 0 Å². The van der Waals surface area contributed by atoms with Crippen molar-refractivity contribution < 1.29 is 28.5 Å². The zero-order valence-corrected chi connectivity index (χ0v) is 19.9. The van der Waals surface area contributed by atoms with Gasteiger partial charge in [-0.2, -0.15) is 9.98 Å². The van der Waals surface area contributed by atoms with Crippen molar-refractivity contribution in [3.05, 3.63) is 0 Å². The van der Waals surface area contributed by atoms with Crippen LogP contribution in [0, 0.1) is 0 Å². The Morgan fingerprint density at radius 3 is 2.41 bits per heavy atom. The first kappa shape index (κ1) is 27.3. The Morgan fingerprint density at radius 1 is 0.971 bits per heavy atom. The van der Waals surface area contributed by atoms with Crippen molar-refractivity contribution >= 4 is 30.3 Å². The first-order chi connectivity index (χ1) is 16.5. The SMILES string of the molecule is CCCCCC(N=C=O)NC(=O)[N+]1(C(=O)N2CCCCCC2N=C=O)CCCCCC1N=C=O. The van der Waals surface area contributed by atoms with Gasteiger partial charge in [-0.15, -0.1) is 9.48 Å². The lowest BCUT2D eigenvalue weighted by atomic mass is 10.1. The number of hydrogen-bond donors (Lipinski definition) is 1. The highest BCUT2D eigenvalue weighted by atomic mass is 16.2. The molecular formula is C23H35N6O5+. The normalized spacial score (nSPS) is 25.9. The molecule has 2 heterocycles. The summed E-state index contributed by atoms with van der Waals surface area (Å²) in [6.07, 6.45) is 10.3. The van der Waals surface area contributed by atoms with Crippen LogP contribution in [-0.4, -0.2) is 71.3 Å². The van der Waals surface area contributed by atoms with Crippen molar-refractivity contribution in [3.63, 3.8) is 0 Å². The second-order valence-corrected chi connectivity index (χ2v) is 8.85. The molecule has 4 unspecified atom stereocenters. The number of unbranched alkanes of at least 4 members (excludes halogenated alkanes) is 2. The molecule has 4 amide bonds. The number of imide groups is 1. The van der Waals surface area contributed by atoms with Crippen LogP contribution in [-0.2, 0) is 14.4 Å². The molecule has 1 N–H and O–H groups in total. The molecule has 2 aliphatic rings. The summed E-state index contributed by atoms with van der Waals surface area (Å²) >= 11 is 0. The monoisotopic (exact) mass is 475 g/mol. The van der Waals surface area contributed by atoms with Crippen LogP contribution in [0.2, 0.25) is 0 Å². The van der Waals surface area contributed by atoms with Crippen molar-refractivity contribution in [1.29, 1.82) is 0 Å². The maximum absolute atomic E-state index is 14.1. The summed E-state index contributed by atoms with van der Waals surface area (Å²) in [7, 11) is 0. The van der Waals surface area contributed by atoms with Gasteiger partial charge in [-0.3, -0.25) is 10.2 Å². The number of urea groups is 2. The van der Waals surface area contributed by atoms with E-state index in [2.05, 4.69) is 20.3 Å². The van der Waals surface area contributed by atoms with Gasteiger partial charge in [-0.05, 0) is 51.4 Å². The van der Waals surface area contributed by atoms with Crippen LogP contribution in [0.1, 0.15) is 84.0 Å². The van der Waals surface area contributed by atoms with Gasteiger partial charge in [0.15, 0.2) is 0 Å². The number of likely N-dealkylation sites (tertiary alicyclic amines) is 2. The molecule has 0 aromatic heterocycles. The Morgan fingerprint density at radius 2 is 1.71 bits per heavy atom. The van der Waals surface area contributed by atoms with Gasteiger partial charge < -0.3 is 0 Å². The molecule has 2 rings (SSSR count). The van der Waals surface area contributed by atoms with E-state index >= 15 is 0 Å². The summed E-state index contributed by atoms with van der Waals surface area (Å²) < 4.78 is -0.765. The zero-order chi connectivity index (χ0) is 24.8. The fourth-order valence-corrected chi connectivity index (χ4v) is 4.82. The van der Waals surface area contributed by atoms with Crippen LogP contribution in [0.4, 0.5) is 9.59 Å². The van der Waals surface area contributed by atoms with Gasteiger partial charge in [0, 0.05) is 13.0 Å². The number of rotatable bonds is 8. The summed E-state index contributed by atoms with van der Waals surface area (Å²) in [6, 6.07) is -1.23. The van der Waals surface area contributed by atoms with Crippen molar-refractivity contribution in [2.24, 2.45) is 15.0 Å². The standard InChI is InChI=1S/C23H34N6O5/c1-2-3-6-11-19(24-16-30)27-22(33)29(15-10-5-8-13-21(29)26-18-32)23(34)28-14-9-4-7-12-20(28)25-17-31/h19-21H,2-15H2,1H3/p+1. The molecule has 0 aliphatic carbocycles. The minimum atomic E-state index is -0.965. The van der Waals surface area contributed by atoms with Gasteiger partial charge in [-0.1, -0.05) is 26.2 Å². The molecule has 2 aliphatic heterocycles. The Labute approximate surface area is 200 Å². The quantitative estimate of drug-likeness (QED) is 0.247. The van der Waals surface area contributed by atoms with Gasteiger partial charge in [0.25, 0.3) is 0 Å². The number of nitrogens with one attached hydrogen (secondary N) is 1. The lowest BCUT2D eigenvalue weighted by Crippen LogP contribution is -2.70. The predicted molar refractivity (Wildman–Crippen MR) is 123 cm³/mol. The van der Waals surface area contributed by atoms with Gasteiger partial charge in [0.1, 0.15) is 12.3 Å². The van der Waals surface area contributed by atoms with E-state index in [-0.39, 0.29) is 6.54 Å². The minimum absolute atomic E-state index is 0.126. The number of carbonyl (C=O) groups is 2. The van der Waals surface area contributed by atoms with Crippen LogP contribution >= 0.6 is 0 Å². The average Bonchev–Trinajstić information content (AvgIpc) is 3.19. The molecule has 34 heavy (non-hydrogen) atoms. The first-order valence-electron chi connectivity index (χ1n) is 12.3. The maximum atomic E-state index is 14.1. The van der Waals surface area contributed by atoms with Crippen LogP contribution in [0.5, 0.6) is 0 Å². The molecule has 0 aromatic rings. The van der Waals surface area contributed by atoms with Crippen LogP contribution in [0.25, 0.3) is 0 Å². The second-order valence-electron chi connectivity index (χ2n) is 8.85. The third kappa shape index (κ3) is 6.78.